The topological polar surface area (TPSA) is 103 Å². The van der Waals surface area contributed by atoms with E-state index in [9.17, 15) is 4.79 Å². The number of rotatable bonds is 5. The van der Waals surface area contributed by atoms with Crippen molar-refractivity contribution in [3.05, 3.63) is 23.9 Å². The fraction of sp³-hybridized carbons (Fsp3) is 0.250. The van der Waals surface area contributed by atoms with Crippen molar-refractivity contribution in [1.29, 1.82) is 0 Å². The van der Waals surface area contributed by atoms with Crippen LogP contribution < -0.4 is 15.2 Å². The monoisotopic (exact) mass is 262 g/mol. The number of hydrogen-bond acceptors (Lipinski definition) is 5. The lowest BCUT2D eigenvalue weighted by atomic mass is 10.1. The van der Waals surface area contributed by atoms with E-state index in [1.165, 1.54) is 0 Å². The van der Waals surface area contributed by atoms with Gasteiger partial charge in [-0.25, -0.2) is 0 Å². The standard InChI is InChI=1S/C12H14N4O3/c1-3-19-11-7(5-4-6-8(11)18-2)9-10(12(13)17)15-16-14-9/h4-6H,3H2,1-2H3,(H2,13,17)(H,14,15,16). The first-order valence-corrected chi connectivity index (χ1v) is 5.69. The highest BCUT2D eigenvalue weighted by Gasteiger charge is 2.20. The van der Waals surface area contributed by atoms with Crippen LogP contribution in [0.4, 0.5) is 0 Å². The summed E-state index contributed by atoms with van der Waals surface area (Å²) >= 11 is 0. The van der Waals surface area contributed by atoms with Crippen molar-refractivity contribution in [3.63, 3.8) is 0 Å². The van der Waals surface area contributed by atoms with Crippen molar-refractivity contribution in [2.45, 2.75) is 6.92 Å². The Labute approximate surface area is 109 Å². The number of nitrogens with one attached hydrogen (secondary N) is 1. The average molecular weight is 262 g/mol. The number of primary amides is 1. The smallest absolute Gasteiger partial charge is 0.271 e. The van der Waals surface area contributed by atoms with Crippen LogP contribution in [0.2, 0.25) is 0 Å². The highest BCUT2D eigenvalue weighted by atomic mass is 16.5. The van der Waals surface area contributed by atoms with E-state index in [4.69, 9.17) is 15.2 Å². The molecule has 1 aromatic carbocycles. The molecule has 0 fully saturated rings. The van der Waals surface area contributed by atoms with Crippen LogP contribution in [0.15, 0.2) is 18.2 Å². The average Bonchev–Trinajstić information content (AvgIpc) is 2.88. The number of nitrogens with two attached hydrogens (primary N) is 1. The molecule has 1 amide bonds. The van der Waals surface area contributed by atoms with Crippen molar-refractivity contribution < 1.29 is 14.3 Å². The molecular weight excluding hydrogens is 248 g/mol. The van der Waals surface area contributed by atoms with Crippen LogP contribution in [-0.4, -0.2) is 35.0 Å². The van der Waals surface area contributed by atoms with Gasteiger partial charge in [0.2, 0.25) is 0 Å². The molecule has 0 aliphatic rings. The van der Waals surface area contributed by atoms with Crippen molar-refractivity contribution in [3.8, 4) is 22.8 Å². The first kappa shape index (κ1) is 12.9. The Hall–Kier alpha value is -2.57. The third kappa shape index (κ3) is 2.35. The van der Waals surface area contributed by atoms with Gasteiger partial charge in [-0.3, -0.25) is 4.79 Å². The minimum absolute atomic E-state index is 0.0641. The number of carbonyl (C=O) groups excluding carboxylic acids is 1. The van der Waals surface area contributed by atoms with E-state index in [0.29, 0.717) is 29.4 Å². The molecular formula is C12H14N4O3. The fourth-order valence-electron chi connectivity index (χ4n) is 1.75. The van der Waals surface area contributed by atoms with Crippen LogP contribution in [0.1, 0.15) is 17.4 Å². The lowest BCUT2D eigenvalue weighted by Gasteiger charge is -2.12. The second-order valence-corrected chi connectivity index (χ2v) is 3.66. The van der Waals surface area contributed by atoms with Gasteiger partial charge in [-0.1, -0.05) is 6.07 Å². The number of benzene rings is 1. The van der Waals surface area contributed by atoms with Gasteiger partial charge < -0.3 is 15.2 Å². The Kier molecular flexibility index (Phi) is 3.65. The molecule has 0 bridgehead atoms. The third-order valence-corrected chi connectivity index (χ3v) is 2.52. The molecule has 0 radical (unpaired) electrons. The van der Waals surface area contributed by atoms with Crippen LogP contribution in [0.5, 0.6) is 11.5 Å². The van der Waals surface area contributed by atoms with Gasteiger partial charge >= 0.3 is 0 Å². The molecule has 1 aromatic heterocycles. The number of nitrogens with zero attached hydrogens (tertiary/aromatic N) is 2. The molecule has 3 N–H and O–H groups in total. The lowest BCUT2D eigenvalue weighted by Crippen LogP contribution is -2.13. The summed E-state index contributed by atoms with van der Waals surface area (Å²) in [6.45, 7) is 2.31. The van der Waals surface area contributed by atoms with Crippen molar-refractivity contribution in [1.82, 2.24) is 15.4 Å². The quantitative estimate of drug-likeness (QED) is 0.835. The zero-order valence-electron chi connectivity index (χ0n) is 10.6. The predicted octanol–water partition coefficient (Wildman–Crippen LogP) is 0.978. The van der Waals surface area contributed by atoms with E-state index in [0.717, 1.165) is 0 Å². The molecule has 100 valence electrons. The van der Waals surface area contributed by atoms with Gasteiger partial charge in [-0.15, -0.1) is 0 Å². The molecule has 7 heteroatoms. The third-order valence-electron chi connectivity index (χ3n) is 2.52. The number of para-hydroxylation sites is 1. The zero-order valence-corrected chi connectivity index (χ0v) is 10.6. The van der Waals surface area contributed by atoms with Crippen molar-refractivity contribution in [2.75, 3.05) is 13.7 Å². The molecule has 19 heavy (non-hydrogen) atoms. The Balaban J connectivity index is 2.61. The normalized spacial score (nSPS) is 10.2. The minimum atomic E-state index is -0.658. The Bertz CT molecular complexity index is 594. The summed E-state index contributed by atoms with van der Waals surface area (Å²) in [4.78, 5) is 11.3. The summed E-state index contributed by atoms with van der Waals surface area (Å²) < 4.78 is 10.8. The second kappa shape index (κ2) is 5.38. The highest BCUT2D eigenvalue weighted by Crippen LogP contribution is 2.37. The van der Waals surface area contributed by atoms with Crippen LogP contribution in [0.25, 0.3) is 11.3 Å². The molecule has 2 aromatic rings. The minimum Gasteiger partial charge on any atom is -0.493 e. The number of hydrogen-bond donors (Lipinski definition) is 2. The maximum absolute atomic E-state index is 11.3. The number of methoxy groups -OCH3 is 1. The Morgan fingerprint density at radius 1 is 1.42 bits per heavy atom. The van der Waals surface area contributed by atoms with E-state index < -0.39 is 5.91 Å². The van der Waals surface area contributed by atoms with E-state index in [1.54, 1.807) is 25.3 Å². The van der Waals surface area contributed by atoms with Gasteiger partial charge in [0.1, 0.15) is 5.69 Å². The zero-order chi connectivity index (χ0) is 13.8. The first-order chi connectivity index (χ1) is 9.19. The summed E-state index contributed by atoms with van der Waals surface area (Å²) in [7, 11) is 1.54. The number of carbonyl (C=O) groups is 1. The van der Waals surface area contributed by atoms with Crippen LogP contribution >= 0.6 is 0 Å². The SMILES string of the molecule is CCOc1c(OC)cccc1-c1n[nH]nc1C(N)=O. The summed E-state index contributed by atoms with van der Waals surface area (Å²) in [6, 6.07) is 5.30. The maximum atomic E-state index is 11.3. The van der Waals surface area contributed by atoms with Gasteiger partial charge in [0.05, 0.1) is 19.3 Å². The molecule has 0 saturated carbocycles. The summed E-state index contributed by atoms with van der Waals surface area (Å²) in [6.07, 6.45) is 0. The van der Waals surface area contributed by atoms with Gasteiger partial charge in [-0.05, 0) is 19.1 Å². The summed E-state index contributed by atoms with van der Waals surface area (Å²) in [5, 5.41) is 10.1. The largest absolute Gasteiger partial charge is 0.493 e. The first-order valence-electron chi connectivity index (χ1n) is 5.69. The van der Waals surface area contributed by atoms with Crippen LogP contribution in [0.3, 0.4) is 0 Å². The van der Waals surface area contributed by atoms with Gasteiger partial charge in [0.25, 0.3) is 5.91 Å². The number of H-pyrrole nitrogens is 1. The summed E-state index contributed by atoms with van der Waals surface area (Å²) in [5.41, 5.74) is 6.26. The van der Waals surface area contributed by atoms with Gasteiger partial charge in [0.15, 0.2) is 17.2 Å². The van der Waals surface area contributed by atoms with Gasteiger partial charge in [0, 0.05) is 0 Å². The fourth-order valence-corrected chi connectivity index (χ4v) is 1.75. The van der Waals surface area contributed by atoms with E-state index in [1.807, 2.05) is 6.92 Å². The highest BCUT2D eigenvalue weighted by molar-refractivity contribution is 5.97. The second-order valence-electron chi connectivity index (χ2n) is 3.66. The molecule has 1 heterocycles. The van der Waals surface area contributed by atoms with Crippen LogP contribution in [0, 0.1) is 0 Å². The molecule has 0 spiro atoms. The lowest BCUT2D eigenvalue weighted by molar-refractivity contribution is 0.0996. The molecule has 2 rings (SSSR count). The maximum Gasteiger partial charge on any atom is 0.271 e. The number of aromatic amines is 1. The molecule has 0 unspecified atom stereocenters. The number of ether oxygens (including phenoxy) is 2. The van der Waals surface area contributed by atoms with Crippen molar-refractivity contribution >= 4 is 5.91 Å². The molecule has 0 aliphatic heterocycles. The van der Waals surface area contributed by atoms with Crippen molar-refractivity contribution in [2.24, 2.45) is 5.73 Å². The Morgan fingerprint density at radius 3 is 2.84 bits per heavy atom. The molecule has 0 aliphatic carbocycles. The van der Waals surface area contributed by atoms with E-state index in [2.05, 4.69) is 15.4 Å². The van der Waals surface area contributed by atoms with Gasteiger partial charge in [-0.2, -0.15) is 15.4 Å². The van der Waals surface area contributed by atoms with E-state index >= 15 is 0 Å². The summed E-state index contributed by atoms with van der Waals surface area (Å²) in [5.74, 6) is 0.399. The predicted molar refractivity (Wildman–Crippen MR) is 68.1 cm³/mol. The number of amides is 1. The molecule has 0 atom stereocenters. The van der Waals surface area contributed by atoms with E-state index in [-0.39, 0.29) is 5.69 Å². The number of aromatic nitrogens is 3. The molecule has 0 saturated heterocycles. The Morgan fingerprint density at radius 2 is 2.21 bits per heavy atom. The van der Waals surface area contributed by atoms with Crippen LogP contribution in [-0.2, 0) is 0 Å². The molecule has 7 nitrogen and oxygen atoms in total.